The van der Waals surface area contributed by atoms with E-state index in [1.165, 1.54) is 0 Å². The molecule has 1 amide bonds. The highest BCUT2D eigenvalue weighted by Crippen LogP contribution is 2.20. The molecule has 126 valence electrons. The van der Waals surface area contributed by atoms with Gasteiger partial charge in [-0.15, -0.1) is 0 Å². The number of carbonyl (C=O) groups excluding carboxylic acids is 1. The second-order valence-electron chi connectivity index (χ2n) is 5.96. The second-order valence-corrected chi connectivity index (χ2v) is 5.96. The molecule has 1 fully saturated rings. The number of nitrogens with one attached hydrogen (secondary N) is 2. The Morgan fingerprint density at radius 3 is 2.62 bits per heavy atom. The minimum Gasteiger partial charge on any atom is -0.489 e. The van der Waals surface area contributed by atoms with Gasteiger partial charge in [-0.3, -0.25) is 4.79 Å². The molecule has 0 saturated carbocycles. The molecule has 1 aliphatic rings. The fourth-order valence-electron chi connectivity index (χ4n) is 2.77. The molecular weight excluding hydrogens is 304 g/mol. The van der Waals surface area contributed by atoms with E-state index in [2.05, 4.69) is 10.6 Å². The topological polar surface area (TPSA) is 70.6 Å². The summed E-state index contributed by atoms with van der Waals surface area (Å²) in [7, 11) is 0. The molecule has 0 unspecified atom stereocenters. The van der Waals surface area contributed by atoms with Gasteiger partial charge in [0, 0.05) is 18.7 Å². The standard InChI is InChI=1S/C19H22N2O3/c22-17-12-20-11-16(17)21-19(23)10-15-8-4-5-9-18(15)24-13-14-6-2-1-3-7-14/h1-9,16-17,20,22H,10-13H2,(H,21,23)/t16-,17-/m1/s1. The van der Waals surface area contributed by atoms with Crippen molar-refractivity contribution in [2.75, 3.05) is 13.1 Å². The zero-order chi connectivity index (χ0) is 16.8. The average Bonchev–Trinajstić information content (AvgIpc) is 3.00. The van der Waals surface area contributed by atoms with Crippen LogP contribution in [0, 0.1) is 0 Å². The molecule has 1 saturated heterocycles. The zero-order valence-corrected chi connectivity index (χ0v) is 13.4. The van der Waals surface area contributed by atoms with E-state index in [0.717, 1.165) is 11.1 Å². The molecule has 0 bridgehead atoms. The van der Waals surface area contributed by atoms with Crippen molar-refractivity contribution in [3.05, 3.63) is 65.7 Å². The number of hydrogen-bond donors (Lipinski definition) is 3. The van der Waals surface area contributed by atoms with Crippen molar-refractivity contribution in [3.8, 4) is 5.75 Å². The van der Waals surface area contributed by atoms with Gasteiger partial charge < -0.3 is 20.5 Å². The van der Waals surface area contributed by atoms with Crippen LogP contribution in [0.5, 0.6) is 5.75 Å². The van der Waals surface area contributed by atoms with E-state index in [0.29, 0.717) is 25.4 Å². The molecule has 2 aromatic rings. The van der Waals surface area contributed by atoms with E-state index in [1.54, 1.807) is 0 Å². The highest BCUT2D eigenvalue weighted by molar-refractivity contribution is 5.79. The number of aliphatic hydroxyl groups excluding tert-OH is 1. The van der Waals surface area contributed by atoms with Crippen molar-refractivity contribution in [1.82, 2.24) is 10.6 Å². The van der Waals surface area contributed by atoms with E-state index in [1.807, 2.05) is 54.6 Å². The van der Waals surface area contributed by atoms with Crippen molar-refractivity contribution >= 4 is 5.91 Å². The van der Waals surface area contributed by atoms with Crippen LogP contribution in [-0.4, -0.2) is 36.2 Å². The summed E-state index contributed by atoms with van der Waals surface area (Å²) in [5, 5.41) is 15.7. The summed E-state index contributed by atoms with van der Waals surface area (Å²) in [5.74, 6) is 0.597. The Balaban J connectivity index is 1.60. The van der Waals surface area contributed by atoms with Gasteiger partial charge in [-0.05, 0) is 11.6 Å². The summed E-state index contributed by atoms with van der Waals surface area (Å²) in [6, 6.07) is 17.2. The van der Waals surface area contributed by atoms with Crippen LogP contribution in [0.15, 0.2) is 54.6 Å². The maximum absolute atomic E-state index is 12.2. The maximum Gasteiger partial charge on any atom is 0.224 e. The lowest BCUT2D eigenvalue weighted by atomic mass is 10.1. The number of carbonyl (C=O) groups is 1. The van der Waals surface area contributed by atoms with Gasteiger partial charge >= 0.3 is 0 Å². The molecule has 3 rings (SSSR count). The number of rotatable bonds is 6. The van der Waals surface area contributed by atoms with Gasteiger partial charge in [0.15, 0.2) is 0 Å². The quantitative estimate of drug-likeness (QED) is 0.747. The van der Waals surface area contributed by atoms with Crippen molar-refractivity contribution in [3.63, 3.8) is 0 Å². The number of amides is 1. The fourth-order valence-corrected chi connectivity index (χ4v) is 2.77. The Kier molecular flexibility index (Phi) is 5.46. The molecule has 5 heteroatoms. The third-order valence-corrected chi connectivity index (χ3v) is 4.09. The monoisotopic (exact) mass is 326 g/mol. The number of para-hydroxylation sites is 1. The van der Waals surface area contributed by atoms with Crippen molar-refractivity contribution in [1.29, 1.82) is 0 Å². The molecule has 0 aliphatic carbocycles. The summed E-state index contributed by atoms with van der Waals surface area (Å²) in [6.07, 6.45) is -0.299. The summed E-state index contributed by atoms with van der Waals surface area (Å²) < 4.78 is 5.87. The minimum atomic E-state index is -0.529. The first-order valence-corrected chi connectivity index (χ1v) is 8.15. The van der Waals surface area contributed by atoms with Crippen LogP contribution in [0.4, 0.5) is 0 Å². The number of ether oxygens (including phenoxy) is 1. The van der Waals surface area contributed by atoms with Crippen LogP contribution in [-0.2, 0) is 17.8 Å². The molecule has 0 radical (unpaired) electrons. The Bertz CT molecular complexity index is 675. The van der Waals surface area contributed by atoms with Crippen LogP contribution >= 0.6 is 0 Å². The third kappa shape index (κ3) is 4.34. The van der Waals surface area contributed by atoms with Crippen LogP contribution in [0.1, 0.15) is 11.1 Å². The molecule has 2 atom stereocenters. The second kappa shape index (κ2) is 7.95. The minimum absolute atomic E-state index is 0.112. The maximum atomic E-state index is 12.2. The molecular formula is C19H22N2O3. The zero-order valence-electron chi connectivity index (χ0n) is 13.4. The molecule has 24 heavy (non-hydrogen) atoms. The molecule has 2 aromatic carbocycles. The van der Waals surface area contributed by atoms with Gasteiger partial charge in [-0.25, -0.2) is 0 Å². The van der Waals surface area contributed by atoms with E-state index >= 15 is 0 Å². The number of hydrogen-bond acceptors (Lipinski definition) is 4. The van der Waals surface area contributed by atoms with Crippen LogP contribution in [0.3, 0.4) is 0 Å². The van der Waals surface area contributed by atoms with E-state index < -0.39 is 6.10 Å². The van der Waals surface area contributed by atoms with E-state index in [4.69, 9.17) is 4.74 Å². The molecule has 3 N–H and O–H groups in total. The lowest BCUT2D eigenvalue weighted by Crippen LogP contribution is -2.43. The van der Waals surface area contributed by atoms with Gasteiger partial charge in [0.2, 0.25) is 5.91 Å². The molecule has 1 aliphatic heterocycles. The van der Waals surface area contributed by atoms with Gasteiger partial charge in [0.1, 0.15) is 12.4 Å². The highest BCUT2D eigenvalue weighted by atomic mass is 16.5. The van der Waals surface area contributed by atoms with Crippen LogP contribution in [0.25, 0.3) is 0 Å². The Labute approximate surface area is 141 Å². The summed E-state index contributed by atoms with van der Waals surface area (Å²) in [4.78, 5) is 12.2. The highest BCUT2D eigenvalue weighted by Gasteiger charge is 2.26. The van der Waals surface area contributed by atoms with Gasteiger partial charge in [-0.1, -0.05) is 48.5 Å². The van der Waals surface area contributed by atoms with Gasteiger partial charge in [0.25, 0.3) is 0 Å². The predicted molar refractivity (Wildman–Crippen MR) is 91.7 cm³/mol. The van der Waals surface area contributed by atoms with Crippen molar-refractivity contribution < 1.29 is 14.6 Å². The van der Waals surface area contributed by atoms with E-state index in [9.17, 15) is 9.90 Å². The molecule has 0 spiro atoms. The third-order valence-electron chi connectivity index (χ3n) is 4.09. The van der Waals surface area contributed by atoms with Crippen molar-refractivity contribution in [2.45, 2.75) is 25.2 Å². The lowest BCUT2D eigenvalue weighted by Gasteiger charge is -2.16. The van der Waals surface area contributed by atoms with Gasteiger partial charge in [0.05, 0.1) is 18.6 Å². The average molecular weight is 326 g/mol. The Morgan fingerprint density at radius 2 is 1.88 bits per heavy atom. The first-order valence-electron chi connectivity index (χ1n) is 8.15. The smallest absolute Gasteiger partial charge is 0.224 e. The van der Waals surface area contributed by atoms with Crippen LogP contribution < -0.4 is 15.4 Å². The first-order chi connectivity index (χ1) is 11.7. The van der Waals surface area contributed by atoms with Crippen molar-refractivity contribution in [2.24, 2.45) is 0 Å². The first kappa shape index (κ1) is 16.5. The largest absolute Gasteiger partial charge is 0.489 e. The Hall–Kier alpha value is -2.37. The van der Waals surface area contributed by atoms with Crippen LogP contribution in [0.2, 0.25) is 0 Å². The Morgan fingerprint density at radius 1 is 1.12 bits per heavy atom. The normalized spacial score (nSPS) is 19.9. The van der Waals surface area contributed by atoms with E-state index in [-0.39, 0.29) is 18.4 Å². The summed E-state index contributed by atoms with van der Waals surface area (Å²) in [6.45, 7) is 1.57. The summed E-state index contributed by atoms with van der Waals surface area (Å²) >= 11 is 0. The SMILES string of the molecule is O=C(Cc1ccccc1OCc1ccccc1)N[C@@H]1CNC[C@H]1O. The van der Waals surface area contributed by atoms with Gasteiger partial charge in [-0.2, -0.15) is 0 Å². The molecule has 1 heterocycles. The molecule has 5 nitrogen and oxygen atoms in total. The number of aliphatic hydroxyl groups is 1. The fraction of sp³-hybridized carbons (Fsp3) is 0.316. The lowest BCUT2D eigenvalue weighted by molar-refractivity contribution is -0.121. The number of β-amino-alcohol motifs (C(OH)–C–C–N with tert-alkyl or cyclic N) is 1. The summed E-state index contributed by atoms with van der Waals surface area (Å²) in [5.41, 5.74) is 1.92. The number of benzene rings is 2. The predicted octanol–water partition coefficient (Wildman–Crippen LogP) is 1.26. The molecule has 0 aromatic heterocycles.